The third-order valence-corrected chi connectivity index (χ3v) is 1.92. The van der Waals surface area contributed by atoms with Crippen molar-refractivity contribution in [2.75, 3.05) is 0 Å². The van der Waals surface area contributed by atoms with Gasteiger partial charge in [0.1, 0.15) is 5.82 Å². The molecule has 1 fully saturated rings. The summed E-state index contributed by atoms with van der Waals surface area (Å²) in [6.07, 6.45) is 4.12. The molecule has 0 atom stereocenters. The third kappa shape index (κ3) is 2.54. The van der Waals surface area contributed by atoms with Gasteiger partial charge in [-0.15, -0.1) is 0 Å². The average molecular weight is 178 g/mol. The van der Waals surface area contributed by atoms with E-state index >= 15 is 0 Å². The van der Waals surface area contributed by atoms with E-state index < -0.39 is 0 Å². The molecule has 1 aliphatic carbocycles. The molecule has 0 bridgehead atoms. The van der Waals surface area contributed by atoms with E-state index in [2.05, 4.69) is 10.5 Å². The van der Waals surface area contributed by atoms with E-state index in [1.807, 2.05) is 0 Å². The maximum atomic E-state index is 12.5. The molecule has 1 aliphatic rings. The van der Waals surface area contributed by atoms with Crippen LogP contribution in [0.3, 0.4) is 0 Å². The van der Waals surface area contributed by atoms with E-state index in [9.17, 15) is 4.39 Å². The summed E-state index contributed by atoms with van der Waals surface area (Å²) in [5.41, 5.74) is 3.91. The van der Waals surface area contributed by atoms with Gasteiger partial charge in [0.2, 0.25) is 0 Å². The molecule has 1 aromatic carbocycles. The summed E-state index contributed by atoms with van der Waals surface area (Å²) in [4.78, 5) is 0. The molecular formula is C10H11FN2. The van der Waals surface area contributed by atoms with Crippen molar-refractivity contribution < 1.29 is 4.39 Å². The summed E-state index contributed by atoms with van der Waals surface area (Å²) in [6, 6.07) is 6.83. The first kappa shape index (κ1) is 8.23. The van der Waals surface area contributed by atoms with Crippen molar-refractivity contribution in [2.24, 2.45) is 5.10 Å². The van der Waals surface area contributed by atoms with E-state index in [0.717, 1.165) is 5.56 Å². The number of benzene rings is 1. The highest BCUT2D eigenvalue weighted by Gasteiger charge is 2.19. The van der Waals surface area contributed by atoms with Crippen LogP contribution in [0.2, 0.25) is 0 Å². The lowest BCUT2D eigenvalue weighted by atomic mass is 10.2. The SMILES string of the molecule is Fc1ccc(/C=N/NC2CC2)cc1. The molecule has 2 nitrogen and oxygen atoms in total. The second-order valence-electron chi connectivity index (χ2n) is 3.21. The van der Waals surface area contributed by atoms with Crippen LogP contribution < -0.4 is 5.43 Å². The highest BCUT2D eigenvalue weighted by Crippen LogP contribution is 2.18. The van der Waals surface area contributed by atoms with Gasteiger partial charge < -0.3 is 5.43 Å². The van der Waals surface area contributed by atoms with Crippen LogP contribution in [0, 0.1) is 5.82 Å². The highest BCUT2D eigenvalue weighted by atomic mass is 19.1. The van der Waals surface area contributed by atoms with Crippen molar-refractivity contribution in [3.63, 3.8) is 0 Å². The molecule has 0 heterocycles. The van der Waals surface area contributed by atoms with Crippen molar-refractivity contribution >= 4 is 6.21 Å². The Hall–Kier alpha value is -1.38. The number of halogens is 1. The molecule has 3 heteroatoms. The predicted molar refractivity (Wildman–Crippen MR) is 50.2 cm³/mol. The standard InChI is InChI=1S/C10H11FN2/c11-9-3-1-8(2-4-9)7-12-13-10-5-6-10/h1-4,7,10,13H,5-6H2/b12-7+. The Morgan fingerprint density at radius 3 is 2.62 bits per heavy atom. The van der Waals surface area contributed by atoms with Crippen molar-refractivity contribution in [2.45, 2.75) is 18.9 Å². The Morgan fingerprint density at radius 1 is 1.31 bits per heavy atom. The van der Waals surface area contributed by atoms with Crippen molar-refractivity contribution in [3.8, 4) is 0 Å². The molecule has 0 amide bonds. The quantitative estimate of drug-likeness (QED) is 0.555. The number of nitrogens with zero attached hydrogens (tertiary/aromatic N) is 1. The van der Waals surface area contributed by atoms with E-state index in [1.54, 1.807) is 18.3 Å². The molecule has 1 saturated carbocycles. The van der Waals surface area contributed by atoms with Crippen LogP contribution in [0.4, 0.5) is 4.39 Å². The summed E-state index contributed by atoms with van der Waals surface area (Å²) in [7, 11) is 0. The predicted octanol–water partition coefficient (Wildman–Crippen LogP) is 1.91. The van der Waals surface area contributed by atoms with Gasteiger partial charge in [-0.05, 0) is 30.5 Å². The van der Waals surface area contributed by atoms with Crippen LogP contribution >= 0.6 is 0 Å². The molecule has 2 rings (SSSR count). The first-order valence-electron chi connectivity index (χ1n) is 4.39. The minimum Gasteiger partial charge on any atom is -0.307 e. The lowest BCUT2D eigenvalue weighted by Gasteiger charge is -1.94. The van der Waals surface area contributed by atoms with E-state index in [0.29, 0.717) is 6.04 Å². The first-order chi connectivity index (χ1) is 6.34. The second kappa shape index (κ2) is 3.56. The molecular weight excluding hydrogens is 167 g/mol. The number of rotatable bonds is 3. The molecule has 68 valence electrons. The smallest absolute Gasteiger partial charge is 0.123 e. The van der Waals surface area contributed by atoms with Gasteiger partial charge in [-0.3, -0.25) is 0 Å². The van der Waals surface area contributed by atoms with Crippen LogP contribution in [0.5, 0.6) is 0 Å². The number of hydrazone groups is 1. The zero-order valence-corrected chi connectivity index (χ0v) is 7.20. The van der Waals surface area contributed by atoms with Gasteiger partial charge in [0.05, 0.1) is 6.21 Å². The zero-order valence-electron chi connectivity index (χ0n) is 7.20. The Labute approximate surface area is 76.5 Å². The van der Waals surface area contributed by atoms with Crippen LogP contribution in [-0.4, -0.2) is 12.3 Å². The van der Waals surface area contributed by atoms with Gasteiger partial charge in [-0.2, -0.15) is 5.10 Å². The Kier molecular flexibility index (Phi) is 2.25. The molecule has 0 unspecified atom stereocenters. The second-order valence-corrected chi connectivity index (χ2v) is 3.21. The van der Waals surface area contributed by atoms with Gasteiger partial charge in [0, 0.05) is 6.04 Å². The molecule has 0 spiro atoms. The topological polar surface area (TPSA) is 24.4 Å². The molecule has 1 aromatic rings. The average Bonchev–Trinajstić information content (AvgIpc) is 2.92. The van der Waals surface area contributed by atoms with Crippen LogP contribution in [0.25, 0.3) is 0 Å². The molecule has 0 aromatic heterocycles. The molecule has 0 aliphatic heterocycles. The van der Waals surface area contributed by atoms with E-state index in [4.69, 9.17) is 0 Å². The van der Waals surface area contributed by atoms with Gasteiger partial charge in [-0.25, -0.2) is 4.39 Å². The van der Waals surface area contributed by atoms with Gasteiger partial charge in [0.15, 0.2) is 0 Å². The lowest BCUT2D eigenvalue weighted by Crippen LogP contribution is -2.07. The molecule has 13 heavy (non-hydrogen) atoms. The third-order valence-electron chi connectivity index (χ3n) is 1.92. The molecule has 0 saturated heterocycles. The highest BCUT2D eigenvalue weighted by molar-refractivity contribution is 5.79. The fourth-order valence-corrected chi connectivity index (χ4v) is 0.978. The largest absolute Gasteiger partial charge is 0.307 e. The number of nitrogens with one attached hydrogen (secondary N) is 1. The number of hydrogen-bond donors (Lipinski definition) is 1. The van der Waals surface area contributed by atoms with E-state index in [-0.39, 0.29) is 5.82 Å². The van der Waals surface area contributed by atoms with Gasteiger partial charge in [-0.1, -0.05) is 12.1 Å². The molecule has 0 radical (unpaired) electrons. The lowest BCUT2D eigenvalue weighted by molar-refractivity contribution is 0.628. The normalized spacial score (nSPS) is 16.4. The van der Waals surface area contributed by atoms with Crippen molar-refractivity contribution in [1.82, 2.24) is 5.43 Å². The maximum Gasteiger partial charge on any atom is 0.123 e. The maximum absolute atomic E-state index is 12.5. The van der Waals surface area contributed by atoms with Gasteiger partial charge >= 0.3 is 0 Å². The Morgan fingerprint density at radius 2 is 2.00 bits per heavy atom. The minimum atomic E-state index is -0.215. The van der Waals surface area contributed by atoms with Crippen LogP contribution in [-0.2, 0) is 0 Å². The van der Waals surface area contributed by atoms with Crippen molar-refractivity contribution in [3.05, 3.63) is 35.6 Å². The zero-order chi connectivity index (χ0) is 9.10. The molecule has 1 N–H and O–H groups in total. The van der Waals surface area contributed by atoms with Crippen LogP contribution in [0.1, 0.15) is 18.4 Å². The summed E-state index contributed by atoms with van der Waals surface area (Å²) in [5, 5.41) is 4.04. The summed E-state index contributed by atoms with van der Waals surface area (Å²) in [6.45, 7) is 0. The summed E-state index contributed by atoms with van der Waals surface area (Å²) in [5.74, 6) is -0.215. The minimum absolute atomic E-state index is 0.215. The van der Waals surface area contributed by atoms with Crippen molar-refractivity contribution in [1.29, 1.82) is 0 Å². The Bertz CT molecular complexity index is 301. The van der Waals surface area contributed by atoms with E-state index in [1.165, 1.54) is 25.0 Å². The van der Waals surface area contributed by atoms with Crippen LogP contribution in [0.15, 0.2) is 29.4 Å². The fourth-order valence-electron chi connectivity index (χ4n) is 0.978. The summed E-state index contributed by atoms with van der Waals surface area (Å²) >= 11 is 0. The monoisotopic (exact) mass is 178 g/mol. The number of hydrogen-bond acceptors (Lipinski definition) is 2. The summed E-state index contributed by atoms with van der Waals surface area (Å²) < 4.78 is 12.5. The van der Waals surface area contributed by atoms with Gasteiger partial charge in [0.25, 0.3) is 0 Å². The first-order valence-corrected chi connectivity index (χ1v) is 4.39. The Balaban J connectivity index is 1.92. The fraction of sp³-hybridized carbons (Fsp3) is 0.300.